The Morgan fingerprint density at radius 1 is 1.12 bits per heavy atom. The molecule has 2 N–H and O–H groups in total. The molecule has 2 rings (SSSR count). The summed E-state index contributed by atoms with van der Waals surface area (Å²) in [7, 11) is -3.84. The largest absolute Gasteiger partial charge is 0.481 e. The Morgan fingerprint density at radius 2 is 1.77 bits per heavy atom. The molecule has 140 valence electrons. The van der Waals surface area contributed by atoms with E-state index in [2.05, 4.69) is 10.3 Å². The van der Waals surface area contributed by atoms with E-state index in [1.54, 1.807) is 25.1 Å². The lowest BCUT2D eigenvalue weighted by Crippen LogP contribution is -2.47. The first-order valence-corrected chi connectivity index (χ1v) is 9.86. The van der Waals surface area contributed by atoms with Gasteiger partial charge in [-0.2, -0.15) is 0 Å². The second-order valence-electron chi connectivity index (χ2n) is 6.05. The summed E-state index contributed by atoms with van der Waals surface area (Å²) >= 11 is 0. The van der Waals surface area contributed by atoms with Gasteiger partial charge in [-0.1, -0.05) is 31.2 Å². The number of aryl methyl sites for hydroxylation is 2. The molecule has 0 unspecified atom stereocenters. The van der Waals surface area contributed by atoms with E-state index in [0.29, 0.717) is 5.75 Å². The van der Waals surface area contributed by atoms with Crippen molar-refractivity contribution in [2.75, 3.05) is 0 Å². The first-order valence-electron chi connectivity index (χ1n) is 8.38. The fourth-order valence-corrected chi connectivity index (χ4v) is 3.13. The van der Waals surface area contributed by atoms with E-state index < -0.39 is 22.0 Å². The van der Waals surface area contributed by atoms with Crippen LogP contribution in [0.4, 0.5) is 0 Å². The lowest BCUT2D eigenvalue weighted by Gasteiger charge is -2.17. The van der Waals surface area contributed by atoms with Gasteiger partial charge < -0.3 is 4.74 Å². The summed E-state index contributed by atoms with van der Waals surface area (Å²) in [6, 6.07) is 12.0. The zero-order valence-corrected chi connectivity index (χ0v) is 16.2. The highest BCUT2D eigenvalue weighted by atomic mass is 32.2. The maximum atomic E-state index is 12.2. The number of sulfonamides is 1. The van der Waals surface area contributed by atoms with Crippen molar-refractivity contribution in [3.8, 4) is 5.75 Å². The zero-order chi connectivity index (χ0) is 19.3. The summed E-state index contributed by atoms with van der Waals surface area (Å²) in [5.74, 6) is 0.00493. The smallest absolute Gasteiger partial charge is 0.275 e. The SMILES string of the molecule is CCc1ccc(S(=O)(=O)NNC(=O)[C@H](C)Oc2cccc(C)c2C)cc1. The van der Waals surface area contributed by atoms with E-state index >= 15 is 0 Å². The van der Waals surface area contributed by atoms with Crippen molar-refractivity contribution in [1.82, 2.24) is 10.3 Å². The molecule has 2 aromatic carbocycles. The molecule has 26 heavy (non-hydrogen) atoms. The molecule has 7 heteroatoms. The first-order chi connectivity index (χ1) is 12.2. The molecule has 1 amide bonds. The molecule has 0 radical (unpaired) electrons. The molecule has 2 aromatic rings. The van der Waals surface area contributed by atoms with Crippen molar-refractivity contribution in [3.05, 3.63) is 59.2 Å². The molecule has 6 nitrogen and oxygen atoms in total. The lowest BCUT2D eigenvalue weighted by molar-refractivity contribution is -0.127. The van der Waals surface area contributed by atoms with Crippen molar-refractivity contribution in [2.45, 2.75) is 45.1 Å². The van der Waals surface area contributed by atoms with Crippen LogP contribution < -0.4 is 15.0 Å². The number of hydrogen-bond acceptors (Lipinski definition) is 4. The molecular weight excluding hydrogens is 352 g/mol. The van der Waals surface area contributed by atoms with Crippen LogP contribution in [0.1, 0.15) is 30.5 Å². The molecule has 0 fully saturated rings. The van der Waals surface area contributed by atoms with Gasteiger partial charge in [0.1, 0.15) is 5.75 Å². The average Bonchev–Trinajstić information content (AvgIpc) is 2.63. The van der Waals surface area contributed by atoms with Crippen LogP contribution in [0.2, 0.25) is 0 Å². The molecule has 0 aliphatic rings. The van der Waals surface area contributed by atoms with E-state index in [4.69, 9.17) is 4.74 Å². The molecule has 0 saturated carbocycles. The highest BCUT2D eigenvalue weighted by Crippen LogP contribution is 2.21. The number of amides is 1. The van der Waals surface area contributed by atoms with Gasteiger partial charge in [-0.3, -0.25) is 10.2 Å². The van der Waals surface area contributed by atoms with Crippen LogP contribution in [-0.2, 0) is 21.2 Å². The van der Waals surface area contributed by atoms with E-state index in [1.807, 2.05) is 32.9 Å². The van der Waals surface area contributed by atoms with Crippen LogP contribution in [-0.4, -0.2) is 20.4 Å². The number of hydrogen-bond donors (Lipinski definition) is 2. The fourth-order valence-electron chi connectivity index (χ4n) is 2.28. The quantitative estimate of drug-likeness (QED) is 0.728. The Morgan fingerprint density at radius 3 is 2.38 bits per heavy atom. The Hall–Kier alpha value is -2.38. The Balaban J connectivity index is 1.99. The van der Waals surface area contributed by atoms with Gasteiger partial charge in [-0.05, 0) is 62.1 Å². The molecule has 0 aliphatic heterocycles. The van der Waals surface area contributed by atoms with Crippen LogP contribution in [0.5, 0.6) is 5.75 Å². The summed E-state index contributed by atoms with van der Waals surface area (Å²) < 4.78 is 30.1. The number of carbonyl (C=O) groups excluding carboxylic acids is 1. The minimum Gasteiger partial charge on any atom is -0.481 e. The van der Waals surface area contributed by atoms with Crippen molar-refractivity contribution in [1.29, 1.82) is 0 Å². The van der Waals surface area contributed by atoms with Gasteiger partial charge in [0.2, 0.25) is 0 Å². The third-order valence-corrected chi connectivity index (χ3v) is 5.44. The fraction of sp³-hybridized carbons (Fsp3) is 0.316. The average molecular weight is 376 g/mol. The predicted octanol–water partition coefficient (Wildman–Crippen LogP) is 2.64. The lowest BCUT2D eigenvalue weighted by atomic mass is 10.1. The second kappa shape index (κ2) is 8.33. The van der Waals surface area contributed by atoms with Gasteiger partial charge in [-0.15, -0.1) is 4.83 Å². The number of benzene rings is 2. The van der Waals surface area contributed by atoms with Gasteiger partial charge in [0.25, 0.3) is 15.9 Å². The normalized spacial score (nSPS) is 12.5. The Labute approximate surface area is 154 Å². The summed E-state index contributed by atoms with van der Waals surface area (Å²) in [6.45, 7) is 7.39. The monoisotopic (exact) mass is 376 g/mol. The predicted molar refractivity (Wildman–Crippen MR) is 100 cm³/mol. The second-order valence-corrected chi connectivity index (χ2v) is 7.73. The van der Waals surface area contributed by atoms with Crippen LogP contribution in [0.25, 0.3) is 0 Å². The van der Waals surface area contributed by atoms with E-state index in [0.717, 1.165) is 23.1 Å². The minimum absolute atomic E-state index is 0.0816. The van der Waals surface area contributed by atoms with Crippen molar-refractivity contribution >= 4 is 15.9 Å². The summed E-state index contributed by atoms with van der Waals surface area (Å²) in [5, 5.41) is 0. The molecule has 0 heterocycles. The highest BCUT2D eigenvalue weighted by Gasteiger charge is 2.20. The van der Waals surface area contributed by atoms with Crippen LogP contribution in [0.3, 0.4) is 0 Å². The zero-order valence-electron chi connectivity index (χ0n) is 15.4. The topological polar surface area (TPSA) is 84.5 Å². The summed E-state index contributed by atoms with van der Waals surface area (Å²) in [5.41, 5.74) is 5.21. The Kier molecular flexibility index (Phi) is 6.39. The molecule has 0 aliphatic carbocycles. The summed E-state index contributed by atoms with van der Waals surface area (Å²) in [6.07, 6.45) is -0.0433. The number of rotatable bonds is 7. The standard InChI is InChI=1S/C19H24N2O4S/c1-5-16-9-11-17(12-10-16)26(23,24)21-20-19(22)15(4)25-18-8-6-7-13(2)14(18)3/h6-12,15,21H,5H2,1-4H3,(H,20,22)/t15-/m0/s1. The van der Waals surface area contributed by atoms with Crippen LogP contribution >= 0.6 is 0 Å². The maximum absolute atomic E-state index is 12.2. The van der Waals surface area contributed by atoms with Gasteiger partial charge >= 0.3 is 0 Å². The van der Waals surface area contributed by atoms with Crippen molar-refractivity contribution < 1.29 is 17.9 Å². The molecule has 0 aromatic heterocycles. The third-order valence-electron chi connectivity index (χ3n) is 4.18. The van der Waals surface area contributed by atoms with Crippen molar-refractivity contribution in [2.24, 2.45) is 0 Å². The van der Waals surface area contributed by atoms with Gasteiger partial charge in [0.05, 0.1) is 4.90 Å². The van der Waals surface area contributed by atoms with E-state index in [-0.39, 0.29) is 4.90 Å². The molecule has 0 bridgehead atoms. The highest BCUT2D eigenvalue weighted by molar-refractivity contribution is 7.89. The molecule has 1 atom stereocenters. The van der Waals surface area contributed by atoms with Crippen LogP contribution in [0.15, 0.2) is 47.4 Å². The molecule has 0 spiro atoms. The van der Waals surface area contributed by atoms with Crippen molar-refractivity contribution in [3.63, 3.8) is 0 Å². The Bertz CT molecular complexity index is 877. The van der Waals surface area contributed by atoms with Gasteiger partial charge in [0.15, 0.2) is 6.10 Å². The molecule has 0 saturated heterocycles. The van der Waals surface area contributed by atoms with E-state index in [1.165, 1.54) is 12.1 Å². The maximum Gasteiger partial charge on any atom is 0.275 e. The number of carbonyl (C=O) groups is 1. The minimum atomic E-state index is -3.84. The van der Waals surface area contributed by atoms with Gasteiger partial charge in [-0.25, -0.2) is 8.42 Å². The number of hydrazine groups is 1. The van der Waals surface area contributed by atoms with Gasteiger partial charge in [0, 0.05) is 0 Å². The van der Waals surface area contributed by atoms with Crippen LogP contribution in [0, 0.1) is 13.8 Å². The number of nitrogens with one attached hydrogen (secondary N) is 2. The molecular formula is C19H24N2O4S. The first kappa shape index (κ1) is 19.9. The van der Waals surface area contributed by atoms with E-state index in [9.17, 15) is 13.2 Å². The summed E-state index contributed by atoms with van der Waals surface area (Å²) in [4.78, 5) is 14.3. The third kappa shape index (κ3) is 4.83. The number of ether oxygens (including phenoxy) is 1.